The van der Waals surface area contributed by atoms with Crippen molar-refractivity contribution in [1.82, 2.24) is 24.8 Å². The first-order valence-electron chi connectivity index (χ1n) is 10.7. The third-order valence-electron chi connectivity index (χ3n) is 7.01. The SMILES string of the molecule is CC1(C)C[C@H]2C[C@](C)(CN2C(=O)[C@@H]2CCCN(c3nc(Cl)nc4nc[nH]c34)C2)C1. The first kappa shape index (κ1) is 19.1. The Labute approximate surface area is 176 Å². The van der Waals surface area contributed by atoms with E-state index in [4.69, 9.17) is 11.6 Å². The number of amides is 1. The van der Waals surface area contributed by atoms with Crippen LogP contribution in [0.25, 0.3) is 11.2 Å². The number of hydrogen-bond acceptors (Lipinski definition) is 5. The van der Waals surface area contributed by atoms with Crippen LogP contribution in [0.3, 0.4) is 0 Å². The molecule has 5 rings (SSSR count). The number of anilines is 1. The summed E-state index contributed by atoms with van der Waals surface area (Å²) in [7, 11) is 0. The molecule has 2 aliphatic heterocycles. The van der Waals surface area contributed by atoms with Crippen molar-refractivity contribution < 1.29 is 4.79 Å². The lowest BCUT2D eigenvalue weighted by molar-refractivity contribution is -0.137. The highest BCUT2D eigenvalue weighted by Crippen LogP contribution is 2.52. The normalized spacial score (nSPS) is 31.4. The molecule has 2 saturated heterocycles. The lowest BCUT2D eigenvalue weighted by Gasteiger charge is -2.40. The number of nitrogens with zero attached hydrogens (tertiary/aromatic N) is 5. The minimum absolute atomic E-state index is 0.00141. The molecule has 3 fully saturated rings. The predicted molar refractivity (Wildman–Crippen MR) is 113 cm³/mol. The summed E-state index contributed by atoms with van der Waals surface area (Å²) in [6, 6.07) is 0.388. The maximum absolute atomic E-state index is 13.6. The van der Waals surface area contributed by atoms with Gasteiger partial charge in [-0.05, 0) is 54.5 Å². The molecule has 4 heterocycles. The maximum Gasteiger partial charge on any atom is 0.227 e. The Balaban J connectivity index is 1.37. The number of imidazole rings is 1. The van der Waals surface area contributed by atoms with Gasteiger partial charge in [0, 0.05) is 25.7 Å². The second-order valence-corrected chi connectivity index (χ2v) is 10.7. The molecule has 1 aliphatic carbocycles. The summed E-state index contributed by atoms with van der Waals surface area (Å²) in [5, 5.41) is 0.191. The largest absolute Gasteiger partial charge is 0.354 e. The number of H-pyrrole nitrogens is 1. The van der Waals surface area contributed by atoms with Crippen LogP contribution >= 0.6 is 11.6 Å². The summed E-state index contributed by atoms with van der Waals surface area (Å²) in [4.78, 5) is 33.9. The van der Waals surface area contributed by atoms with Crippen molar-refractivity contribution in [3.8, 4) is 0 Å². The molecule has 3 atom stereocenters. The van der Waals surface area contributed by atoms with Gasteiger partial charge in [-0.15, -0.1) is 0 Å². The molecule has 7 nitrogen and oxygen atoms in total. The molecule has 3 aliphatic rings. The third-order valence-corrected chi connectivity index (χ3v) is 7.18. The number of fused-ring (bicyclic) bond motifs is 3. The number of aromatic nitrogens is 4. The van der Waals surface area contributed by atoms with Gasteiger partial charge < -0.3 is 14.8 Å². The van der Waals surface area contributed by atoms with Gasteiger partial charge in [-0.2, -0.15) is 9.97 Å². The van der Waals surface area contributed by atoms with E-state index in [0.717, 1.165) is 50.1 Å². The van der Waals surface area contributed by atoms with Gasteiger partial charge in [0.2, 0.25) is 11.2 Å². The molecule has 2 aromatic rings. The van der Waals surface area contributed by atoms with Crippen LogP contribution in [0.1, 0.15) is 52.9 Å². The van der Waals surface area contributed by atoms with Crippen LogP contribution in [0.4, 0.5) is 5.82 Å². The quantitative estimate of drug-likeness (QED) is 0.756. The van der Waals surface area contributed by atoms with Crippen molar-refractivity contribution in [2.24, 2.45) is 16.7 Å². The standard InChI is InChI=1S/C21H29ClN6O/c1-20(2)7-14-8-21(3,10-20)11-28(14)18(29)13-5-4-6-27(9-13)17-15-16(24-12-23-15)25-19(22)26-17/h12-14H,4-11H2,1-3H3,(H,23,24,25,26)/t13-,14+,21+/m1/s1. The number of carbonyl (C=O) groups is 1. The maximum atomic E-state index is 13.6. The fourth-order valence-electron chi connectivity index (χ4n) is 6.34. The smallest absolute Gasteiger partial charge is 0.227 e. The Morgan fingerprint density at radius 3 is 2.93 bits per heavy atom. The van der Waals surface area contributed by atoms with Crippen molar-refractivity contribution >= 4 is 34.5 Å². The van der Waals surface area contributed by atoms with Gasteiger partial charge in [-0.3, -0.25) is 4.79 Å². The lowest BCUT2D eigenvalue weighted by atomic mass is 9.65. The minimum atomic E-state index is 0.00141. The van der Waals surface area contributed by atoms with Crippen molar-refractivity contribution in [1.29, 1.82) is 0 Å². The van der Waals surface area contributed by atoms with Crippen LogP contribution in [0.5, 0.6) is 0 Å². The zero-order chi connectivity index (χ0) is 20.4. The molecule has 0 spiro atoms. The predicted octanol–water partition coefficient (Wildman–Crippen LogP) is 3.65. The van der Waals surface area contributed by atoms with Crippen LogP contribution in [-0.2, 0) is 4.79 Å². The number of hydrogen-bond donors (Lipinski definition) is 1. The topological polar surface area (TPSA) is 78.0 Å². The van der Waals surface area contributed by atoms with Crippen LogP contribution in [0.15, 0.2) is 6.33 Å². The van der Waals surface area contributed by atoms with E-state index in [-0.39, 0.29) is 16.6 Å². The third kappa shape index (κ3) is 3.37. The van der Waals surface area contributed by atoms with Gasteiger partial charge in [-0.25, -0.2) is 4.98 Å². The minimum Gasteiger partial charge on any atom is -0.354 e. The van der Waals surface area contributed by atoms with E-state index in [0.29, 0.717) is 29.6 Å². The number of aromatic amines is 1. The van der Waals surface area contributed by atoms with Crippen molar-refractivity contribution in [2.75, 3.05) is 24.5 Å². The number of halogens is 1. The second kappa shape index (κ2) is 6.56. The van der Waals surface area contributed by atoms with Crippen molar-refractivity contribution in [3.63, 3.8) is 0 Å². The average Bonchev–Trinajstić information content (AvgIpc) is 3.21. The fraction of sp³-hybridized carbons (Fsp3) is 0.714. The molecular formula is C21H29ClN6O. The van der Waals surface area contributed by atoms with Gasteiger partial charge in [-0.1, -0.05) is 20.8 Å². The Bertz CT molecular complexity index is 958. The molecule has 0 radical (unpaired) electrons. The first-order chi connectivity index (χ1) is 13.7. The molecule has 156 valence electrons. The van der Waals surface area contributed by atoms with Crippen LogP contribution in [-0.4, -0.2) is 56.4 Å². The Kier molecular flexibility index (Phi) is 4.32. The molecule has 29 heavy (non-hydrogen) atoms. The highest BCUT2D eigenvalue weighted by atomic mass is 35.5. The Hall–Kier alpha value is -1.89. The number of nitrogens with one attached hydrogen (secondary N) is 1. The van der Waals surface area contributed by atoms with Crippen molar-refractivity contribution in [2.45, 2.75) is 58.9 Å². The molecule has 1 amide bonds. The summed E-state index contributed by atoms with van der Waals surface area (Å²) in [6.07, 6.45) is 6.97. The Morgan fingerprint density at radius 1 is 1.28 bits per heavy atom. The molecular weight excluding hydrogens is 388 g/mol. The fourth-order valence-corrected chi connectivity index (χ4v) is 6.50. The van der Waals surface area contributed by atoms with Crippen LogP contribution in [0.2, 0.25) is 5.28 Å². The van der Waals surface area contributed by atoms with Gasteiger partial charge >= 0.3 is 0 Å². The van der Waals surface area contributed by atoms with E-state index in [1.165, 1.54) is 6.42 Å². The molecule has 8 heteroatoms. The van der Waals surface area contributed by atoms with E-state index in [9.17, 15) is 4.79 Å². The monoisotopic (exact) mass is 416 g/mol. The zero-order valence-corrected chi connectivity index (χ0v) is 18.2. The number of carbonyl (C=O) groups excluding carboxylic acids is 1. The average molecular weight is 417 g/mol. The molecule has 2 aromatic heterocycles. The summed E-state index contributed by atoms with van der Waals surface area (Å²) in [5.41, 5.74) is 1.93. The van der Waals surface area contributed by atoms with E-state index in [1.807, 2.05) is 0 Å². The van der Waals surface area contributed by atoms with E-state index in [2.05, 4.69) is 50.5 Å². The highest BCUT2D eigenvalue weighted by Gasteiger charge is 2.51. The molecule has 2 bridgehead atoms. The van der Waals surface area contributed by atoms with E-state index < -0.39 is 0 Å². The molecule has 0 aromatic carbocycles. The number of likely N-dealkylation sites (tertiary alicyclic amines) is 1. The summed E-state index contributed by atoms with van der Waals surface area (Å²) >= 11 is 6.13. The molecule has 1 N–H and O–H groups in total. The molecule has 1 saturated carbocycles. The number of piperidine rings is 1. The van der Waals surface area contributed by atoms with Crippen molar-refractivity contribution in [3.05, 3.63) is 11.6 Å². The first-order valence-corrected chi connectivity index (χ1v) is 11.0. The molecule has 0 unspecified atom stereocenters. The van der Waals surface area contributed by atoms with Crippen LogP contribution < -0.4 is 4.90 Å². The lowest BCUT2D eigenvalue weighted by Crippen LogP contribution is -2.47. The zero-order valence-electron chi connectivity index (χ0n) is 17.4. The van der Waals surface area contributed by atoms with Gasteiger partial charge in [0.05, 0.1) is 12.2 Å². The van der Waals surface area contributed by atoms with Gasteiger partial charge in [0.15, 0.2) is 11.5 Å². The summed E-state index contributed by atoms with van der Waals surface area (Å²) < 4.78 is 0. The van der Waals surface area contributed by atoms with E-state index in [1.54, 1.807) is 6.33 Å². The Morgan fingerprint density at radius 2 is 2.10 bits per heavy atom. The van der Waals surface area contributed by atoms with Gasteiger partial charge in [0.25, 0.3) is 0 Å². The number of rotatable bonds is 2. The highest BCUT2D eigenvalue weighted by molar-refractivity contribution is 6.28. The van der Waals surface area contributed by atoms with Crippen LogP contribution in [0, 0.1) is 16.7 Å². The van der Waals surface area contributed by atoms with Gasteiger partial charge in [0.1, 0.15) is 5.52 Å². The second-order valence-electron chi connectivity index (χ2n) is 10.4. The summed E-state index contributed by atoms with van der Waals surface area (Å²) in [6.45, 7) is 9.49. The summed E-state index contributed by atoms with van der Waals surface area (Å²) in [5.74, 6) is 1.08. The van der Waals surface area contributed by atoms with E-state index >= 15 is 0 Å².